The molecule has 3 heterocycles. The Morgan fingerprint density at radius 1 is 1.11 bits per heavy atom. The van der Waals surface area contributed by atoms with E-state index in [-0.39, 0.29) is 0 Å². The number of nitrogens with zero attached hydrogens (tertiary/aromatic N) is 2. The molecule has 102 valence electrons. The van der Waals surface area contributed by atoms with E-state index in [2.05, 4.69) is 22.5 Å². The summed E-state index contributed by atoms with van der Waals surface area (Å²) in [4.78, 5) is 14.7. The molecule has 0 saturated carbocycles. The first-order valence-corrected chi connectivity index (χ1v) is 7.73. The van der Waals surface area contributed by atoms with Crippen LogP contribution in [0.1, 0.15) is 59.9 Å². The topological polar surface area (TPSA) is 25.2 Å². The first-order chi connectivity index (χ1) is 9.25. The lowest BCUT2D eigenvalue weighted by atomic mass is 9.96. The van der Waals surface area contributed by atoms with Crippen LogP contribution in [0, 0.1) is 6.92 Å². The van der Waals surface area contributed by atoms with Crippen molar-refractivity contribution in [1.82, 2.24) is 9.47 Å². The number of aryl methyl sites for hydroxylation is 1. The molecule has 2 saturated heterocycles. The van der Waals surface area contributed by atoms with Gasteiger partial charge in [0.05, 0.1) is 6.04 Å². The largest absolute Gasteiger partial charge is 0.344 e. The number of carbonyl (C=O) groups is 1. The molecule has 4 rings (SSSR count). The lowest BCUT2D eigenvalue weighted by Crippen LogP contribution is -2.29. The van der Waals surface area contributed by atoms with E-state index in [0.29, 0.717) is 11.8 Å². The van der Waals surface area contributed by atoms with Crippen LogP contribution in [0.2, 0.25) is 0 Å². The second-order valence-corrected chi connectivity index (χ2v) is 6.39. The molecule has 3 aliphatic rings. The maximum absolute atomic E-state index is 12.1. The van der Waals surface area contributed by atoms with E-state index in [4.69, 9.17) is 0 Å². The normalized spacial score (nSPS) is 30.7. The van der Waals surface area contributed by atoms with Crippen molar-refractivity contribution < 1.29 is 4.79 Å². The SMILES string of the molecule is Cc1cc2c(n1C1CCN3CCCC13)CCCC2=O. The molecule has 1 aromatic rings. The van der Waals surface area contributed by atoms with E-state index in [1.165, 1.54) is 43.7 Å². The van der Waals surface area contributed by atoms with Gasteiger partial charge in [0.15, 0.2) is 5.78 Å². The van der Waals surface area contributed by atoms with Crippen LogP contribution in [0.15, 0.2) is 6.07 Å². The predicted molar refractivity (Wildman–Crippen MR) is 74.7 cm³/mol. The van der Waals surface area contributed by atoms with E-state index in [1.807, 2.05) is 0 Å². The average molecular weight is 258 g/mol. The number of fused-ring (bicyclic) bond motifs is 2. The second-order valence-electron chi connectivity index (χ2n) is 6.39. The van der Waals surface area contributed by atoms with Crippen LogP contribution in [0.5, 0.6) is 0 Å². The number of carbonyl (C=O) groups excluding carboxylic acids is 1. The Labute approximate surface area is 114 Å². The minimum Gasteiger partial charge on any atom is -0.344 e. The van der Waals surface area contributed by atoms with Crippen molar-refractivity contribution in [3.8, 4) is 0 Å². The summed E-state index contributed by atoms with van der Waals surface area (Å²) in [7, 11) is 0. The van der Waals surface area contributed by atoms with Crippen LogP contribution in [0.4, 0.5) is 0 Å². The van der Waals surface area contributed by atoms with Gasteiger partial charge in [-0.25, -0.2) is 0 Å². The van der Waals surface area contributed by atoms with E-state index < -0.39 is 0 Å². The van der Waals surface area contributed by atoms with Crippen molar-refractivity contribution in [3.05, 3.63) is 23.0 Å². The van der Waals surface area contributed by atoms with Crippen molar-refractivity contribution in [1.29, 1.82) is 0 Å². The molecular weight excluding hydrogens is 236 g/mol. The zero-order valence-corrected chi connectivity index (χ0v) is 11.7. The van der Waals surface area contributed by atoms with Crippen LogP contribution < -0.4 is 0 Å². The lowest BCUT2D eigenvalue weighted by molar-refractivity contribution is 0.0971. The maximum atomic E-state index is 12.1. The Morgan fingerprint density at radius 3 is 2.89 bits per heavy atom. The fourth-order valence-corrected chi connectivity index (χ4v) is 4.57. The van der Waals surface area contributed by atoms with Gasteiger partial charge in [0, 0.05) is 36.0 Å². The number of Topliss-reactive ketones (excluding diaryl/α,β-unsaturated/α-hetero) is 1. The molecule has 0 aromatic carbocycles. The summed E-state index contributed by atoms with van der Waals surface area (Å²) in [6.45, 7) is 4.71. The molecule has 0 N–H and O–H groups in total. The Hall–Kier alpha value is -1.09. The van der Waals surface area contributed by atoms with Gasteiger partial charge in [0.25, 0.3) is 0 Å². The zero-order chi connectivity index (χ0) is 13.0. The van der Waals surface area contributed by atoms with Gasteiger partial charge in [-0.3, -0.25) is 9.69 Å². The fraction of sp³-hybridized carbons (Fsp3) is 0.688. The number of aromatic nitrogens is 1. The minimum absolute atomic E-state index is 0.365. The molecule has 2 atom stereocenters. The highest BCUT2D eigenvalue weighted by atomic mass is 16.1. The molecule has 2 unspecified atom stereocenters. The van der Waals surface area contributed by atoms with Crippen LogP contribution in [0.3, 0.4) is 0 Å². The Bertz CT molecular complexity index is 531. The van der Waals surface area contributed by atoms with Gasteiger partial charge < -0.3 is 4.57 Å². The highest BCUT2D eigenvalue weighted by Crippen LogP contribution is 2.39. The van der Waals surface area contributed by atoms with E-state index in [0.717, 1.165) is 30.9 Å². The zero-order valence-electron chi connectivity index (χ0n) is 11.7. The molecule has 1 aromatic heterocycles. The number of hydrogen-bond donors (Lipinski definition) is 0. The van der Waals surface area contributed by atoms with Gasteiger partial charge in [0.1, 0.15) is 0 Å². The molecule has 0 bridgehead atoms. The van der Waals surface area contributed by atoms with Gasteiger partial charge in [0.2, 0.25) is 0 Å². The summed E-state index contributed by atoms with van der Waals surface area (Å²) in [6, 6.07) is 3.50. The molecule has 0 amide bonds. The molecule has 3 heteroatoms. The van der Waals surface area contributed by atoms with Crippen molar-refractivity contribution in [2.75, 3.05) is 13.1 Å². The first kappa shape index (κ1) is 11.7. The van der Waals surface area contributed by atoms with Crippen LogP contribution in [-0.2, 0) is 6.42 Å². The van der Waals surface area contributed by atoms with Crippen molar-refractivity contribution >= 4 is 5.78 Å². The van der Waals surface area contributed by atoms with Crippen LogP contribution in [-0.4, -0.2) is 34.4 Å². The number of ketones is 1. The summed E-state index contributed by atoms with van der Waals surface area (Å²) in [5.41, 5.74) is 3.67. The quantitative estimate of drug-likeness (QED) is 0.774. The van der Waals surface area contributed by atoms with Gasteiger partial charge in [-0.05, 0) is 51.6 Å². The second kappa shape index (κ2) is 4.20. The molecule has 3 nitrogen and oxygen atoms in total. The third-order valence-corrected chi connectivity index (χ3v) is 5.35. The standard InChI is InChI=1S/C16H22N2O/c1-11-10-12-13(4-2-6-16(12)19)18(11)15-7-9-17-8-3-5-14(15)17/h10,14-15H,2-9H2,1H3. The molecule has 19 heavy (non-hydrogen) atoms. The van der Waals surface area contributed by atoms with Crippen molar-refractivity contribution in [3.63, 3.8) is 0 Å². The predicted octanol–water partition coefficient (Wildman–Crippen LogP) is 2.72. The van der Waals surface area contributed by atoms with Crippen LogP contribution >= 0.6 is 0 Å². The molecular formula is C16H22N2O. The summed E-state index contributed by atoms with van der Waals surface area (Å²) in [6.07, 6.45) is 6.83. The Kier molecular flexibility index (Phi) is 2.59. The molecule has 1 aliphatic carbocycles. The number of rotatable bonds is 1. The monoisotopic (exact) mass is 258 g/mol. The Morgan fingerprint density at radius 2 is 2.00 bits per heavy atom. The van der Waals surface area contributed by atoms with E-state index in [1.54, 1.807) is 0 Å². The highest BCUT2D eigenvalue weighted by Gasteiger charge is 2.40. The summed E-state index contributed by atoms with van der Waals surface area (Å²) in [5.74, 6) is 0.365. The average Bonchev–Trinajstić information content (AvgIpc) is 3.03. The first-order valence-electron chi connectivity index (χ1n) is 7.73. The van der Waals surface area contributed by atoms with Gasteiger partial charge >= 0.3 is 0 Å². The third kappa shape index (κ3) is 1.64. The Balaban J connectivity index is 1.77. The lowest BCUT2D eigenvalue weighted by Gasteiger charge is -2.26. The summed E-state index contributed by atoms with van der Waals surface area (Å²) >= 11 is 0. The smallest absolute Gasteiger partial charge is 0.164 e. The minimum atomic E-state index is 0.365. The molecule has 0 spiro atoms. The van der Waals surface area contributed by atoms with Gasteiger partial charge in [-0.2, -0.15) is 0 Å². The number of hydrogen-bond acceptors (Lipinski definition) is 2. The van der Waals surface area contributed by atoms with E-state index in [9.17, 15) is 4.79 Å². The van der Waals surface area contributed by atoms with Gasteiger partial charge in [-0.15, -0.1) is 0 Å². The van der Waals surface area contributed by atoms with Crippen molar-refractivity contribution in [2.24, 2.45) is 0 Å². The molecule has 2 fully saturated rings. The van der Waals surface area contributed by atoms with Gasteiger partial charge in [-0.1, -0.05) is 0 Å². The van der Waals surface area contributed by atoms with Crippen LogP contribution in [0.25, 0.3) is 0 Å². The molecule has 2 aliphatic heterocycles. The fourth-order valence-electron chi connectivity index (χ4n) is 4.57. The maximum Gasteiger partial charge on any atom is 0.164 e. The van der Waals surface area contributed by atoms with Crippen molar-refractivity contribution in [2.45, 2.75) is 57.5 Å². The summed E-state index contributed by atoms with van der Waals surface area (Å²) < 4.78 is 2.53. The highest BCUT2D eigenvalue weighted by molar-refractivity contribution is 5.98. The molecule has 0 radical (unpaired) electrons. The van der Waals surface area contributed by atoms with E-state index >= 15 is 0 Å². The summed E-state index contributed by atoms with van der Waals surface area (Å²) in [5, 5.41) is 0. The third-order valence-electron chi connectivity index (χ3n) is 5.35.